The number of benzene rings is 3. The molecule has 3 aliphatic rings. The lowest BCUT2D eigenvalue weighted by Crippen LogP contribution is -3.15. The van der Waals surface area contributed by atoms with E-state index in [2.05, 4.69) is 143 Å². The van der Waals surface area contributed by atoms with Crippen molar-refractivity contribution in [1.82, 2.24) is 19.0 Å². The van der Waals surface area contributed by atoms with E-state index in [1.807, 2.05) is 119 Å². The quantitative estimate of drug-likeness (QED) is 0.0286. The summed E-state index contributed by atoms with van der Waals surface area (Å²) in [6.45, 7) is 16.2. The topological polar surface area (TPSA) is 131 Å². The van der Waals surface area contributed by atoms with Crippen LogP contribution in [0.3, 0.4) is 0 Å². The Balaban J connectivity index is 0.000000433. The lowest BCUT2D eigenvalue weighted by Gasteiger charge is -2.34. The van der Waals surface area contributed by atoms with Crippen molar-refractivity contribution in [2.75, 3.05) is 117 Å². The van der Waals surface area contributed by atoms with Gasteiger partial charge in [-0.05, 0) is 111 Å². The van der Waals surface area contributed by atoms with E-state index in [9.17, 15) is 0 Å². The second-order valence-electron chi connectivity index (χ2n) is 20.5. The summed E-state index contributed by atoms with van der Waals surface area (Å²) in [7, 11) is 11.8. The Morgan fingerprint density at radius 2 is 0.704 bits per heavy atom. The predicted molar refractivity (Wildman–Crippen MR) is 332 cm³/mol. The van der Waals surface area contributed by atoms with Crippen LogP contribution in [0.25, 0.3) is 0 Å². The maximum atomic E-state index is 4.43. The van der Waals surface area contributed by atoms with Crippen LogP contribution < -0.4 is 80.7 Å². The third kappa shape index (κ3) is 23.1. The van der Waals surface area contributed by atoms with Gasteiger partial charge in [0.05, 0.1) is 145 Å². The molecule has 3 aliphatic heterocycles. The number of aromatic nitrogens is 6. The smallest absolute Gasteiger partial charge is 0.421 e. The van der Waals surface area contributed by atoms with E-state index >= 15 is 0 Å². The molecule has 24 heteroatoms. The van der Waals surface area contributed by atoms with Crippen molar-refractivity contribution in [2.45, 2.75) is 51.4 Å². The molecule has 446 valence electrons. The van der Waals surface area contributed by atoms with Gasteiger partial charge in [0.25, 0.3) is 0 Å². The van der Waals surface area contributed by atoms with Crippen molar-refractivity contribution in [2.24, 2.45) is 73.0 Å². The van der Waals surface area contributed by atoms with E-state index in [-0.39, 0.29) is 61.2 Å². The first-order chi connectivity index (χ1) is 37.6. The fourth-order valence-electron chi connectivity index (χ4n) is 9.90. The Morgan fingerprint density at radius 1 is 0.420 bits per heavy atom. The highest BCUT2D eigenvalue weighted by Crippen LogP contribution is 2.24. The minimum absolute atomic E-state index is 0. The molecular formula is C57H88Br2Cl3IN18+2. The molecule has 0 spiro atoms. The predicted octanol–water partition coefficient (Wildman–Crippen LogP) is -0.845. The Labute approximate surface area is 534 Å². The molecule has 6 aromatic rings. The molecule has 0 amide bonds. The number of halogens is 6. The van der Waals surface area contributed by atoms with E-state index in [0.29, 0.717) is 0 Å². The second kappa shape index (κ2) is 38.7. The van der Waals surface area contributed by atoms with Gasteiger partial charge in [0.15, 0.2) is 0 Å². The molecule has 3 aromatic carbocycles. The highest BCUT2D eigenvalue weighted by molar-refractivity contribution is 14.0. The summed E-state index contributed by atoms with van der Waals surface area (Å²) in [5.41, 5.74) is 6.46. The Hall–Kier alpha value is -4.07. The first-order valence-electron chi connectivity index (χ1n) is 27.9. The van der Waals surface area contributed by atoms with Crippen molar-refractivity contribution in [3.8, 4) is 0 Å². The highest BCUT2D eigenvalue weighted by atomic mass is 127. The third-order valence-corrected chi connectivity index (χ3v) is 15.9. The van der Waals surface area contributed by atoms with Gasteiger partial charge in [0.2, 0.25) is 0 Å². The molecule has 9 rings (SSSR count). The molecule has 6 heterocycles. The summed E-state index contributed by atoms with van der Waals surface area (Å²) in [5.74, 6) is 2.47. The molecule has 81 heavy (non-hydrogen) atoms. The first kappa shape index (κ1) is 71.2. The number of imidazole rings is 3. The van der Waals surface area contributed by atoms with Crippen LogP contribution in [0.4, 0.5) is 52.0 Å². The zero-order valence-electron chi connectivity index (χ0n) is 48.4. The van der Waals surface area contributed by atoms with Crippen LogP contribution >= 0.6 is 55.8 Å². The third-order valence-electron chi connectivity index (χ3n) is 14.7. The molecule has 3 N–H and O–H groups in total. The van der Waals surface area contributed by atoms with E-state index in [0.717, 1.165) is 97.9 Å². The molecule has 0 saturated carbocycles. The number of azo groups is 3. The maximum Gasteiger partial charge on any atom is 0.421 e. The number of hydrogen-bond donors (Lipinski definition) is 3. The maximum absolute atomic E-state index is 4.43. The van der Waals surface area contributed by atoms with Crippen molar-refractivity contribution in [3.05, 3.63) is 110 Å². The number of rotatable bonds is 21. The summed E-state index contributed by atoms with van der Waals surface area (Å²) in [6.07, 6.45) is 22.6. The summed E-state index contributed by atoms with van der Waals surface area (Å²) in [6, 6.07) is 25.3. The number of piperazine rings is 3. The summed E-state index contributed by atoms with van der Waals surface area (Å²) >= 11 is 6.78. The number of alkyl halides is 2. The SMILES string of the molecule is BrCCCCCCBr.Cn1cc[n+](C)c1N=Nc1ccc(N2CCNCC2)cc1.Cn1cc[n+](C)c1N=Nc1ccc(N2CC[NH+](CCCCCC[NH+]3CCN(c4ccc(N=Nc5n(C)cc[n+]5C)cc4)CC3)CC2)cc1.I.[Cl-].[Cl-].[Cl-]. The standard InChI is InChI=1S/C36H52N12.C15H21N6.C6H12Br2.3ClH.HI/c1-41-19-20-42(2)35(41)39-37-31-9-13-33(14-10-31)47-27-23-45(24-28-47)17-7-5-6-8-18-46-25-29-48(30-26-46)34-15-11-32(12-16-34)38-40-36-43(3)21-22-44(36)4;1-19-11-12-20(2)15(19)18-17-13-3-5-14(6-4-13)21-9-7-16-8-10-21;7-5-3-1-2-4-6-8;;;;/h9-16,19-22H,5-8,17-18,23-30H2,1-4H3;3-6,11-12,16H,7-10H2,1-2H3;1-6H2;4*1H/q+2;+1;;;;;/p-1. The molecule has 3 saturated heterocycles. The Bertz CT molecular complexity index is 2550. The van der Waals surface area contributed by atoms with Gasteiger partial charge in [0.1, 0.15) is 17.1 Å². The van der Waals surface area contributed by atoms with Gasteiger partial charge < -0.3 is 67.0 Å². The van der Waals surface area contributed by atoms with Crippen LogP contribution in [0.1, 0.15) is 51.4 Å². The van der Waals surface area contributed by atoms with Gasteiger partial charge in [-0.15, -0.1) is 24.0 Å². The molecule has 0 bridgehead atoms. The molecular weight excluding hydrogens is 1330 g/mol. The van der Waals surface area contributed by atoms with Gasteiger partial charge in [-0.2, -0.15) is 0 Å². The van der Waals surface area contributed by atoms with Crippen molar-refractivity contribution >= 4 is 108 Å². The average Bonchev–Trinajstić information content (AvgIpc) is 4.10. The van der Waals surface area contributed by atoms with Gasteiger partial charge in [0, 0.05) is 69.2 Å². The number of unbranched alkanes of at least 4 members (excludes halogenated alkanes) is 6. The fraction of sp³-hybridized carbons (Fsp3) is 0.526. The Morgan fingerprint density at radius 3 is 0.975 bits per heavy atom. The van der Waals surface area contributed by atoms with Crippen LogP contribution in [-0.2, 0) is 42.3 Å². The molecule has 0 atom stereocenters. The van der Waals surface area contributed by atoms with E-state index in [4.69, 9.17) is 0 Å². The average molecular weight is 1420 g/mol. The molecule has 0 radical (unpaired) electrons. The summed E-state index contributed by atoms with van der Waals surface area (Å²) < 4.78 is 11.8. The van der Waals surface area contributed by atoms with Gasteiger partial charge >= 0.3 is 17.8 Å². The molecule has 0 aliphatic carbocycles. The van der Waals surface area contributed by atoms with Crippen LogP contribution in [0.15, 0.2) is 141 Å². The van der Waals surface area contributed by atoms with Crippen molar-refractivity contribution in [1.29, 1.82) is 0 Å². The molecule has 0 unspecified atom stereocenters. The number of nitrogens with one attached hydrogen (secondary N) is 3. The number of aryl methyl sites for hydroxylation is 6. The van der Waals surface area contributed by atoms with Crippen molar-refractivity contribution in [3.63, 3.8) is 0 Å². The number of anilines is 3. The minimum Gasteiger partial charge on any atom is -1.00 e. The number of quaternary nitrogens is 2. The van der Waals surface area contributed by atoms with Crippen LogP contribution in [0, 0.1) is 0 Å². The molecule has 3 aromatic heterocycles. The van der Waals surface area contributed by atoms with Crippen molar-refractivity contribution < 1.29 is 60.7 Å². The summed E-state index contributed by atoms with van der Waals surface area (Å²) in [5, 5.41) is 32.0. The van der Waals surface area contributed by atoms with Gasteiger partial charge in [-0.1, -0.05) is 60.0 Å². The number of nitrogens with zero attached hydrogens (tertiary/aromatic N) is 15. The van der Waals surface area contributed by atoms with Gasteiger partial charge in [-0.25, -0.2) is 27.4 Å². The zero-order valence-corrected chi connectivity index (χ0v) is 56.1. The van der Waals surface area contributed by atoms with E-state index < -0.39 is 0 Å². The van der Waals surface area contributed by atoms with E-state index in [1.54, 1.807) is 9.80 Å². The fourth-order valence-corrected chi connectivity index (χ4v) is 10.7. The second-order valence-corrected chi connectivity index (χ2v) is 22.1. The highest BCUT2D eigenvalue weighted by Gasteiger charge is 2.22. The Kier molecular flexibility index (Phi) is 34.0. The van der Waals surface area contributed by atoms with Gasteiger partial charge in [-0.3, -0.25) is 0 Å². The van der Waals surface area contributed by atoms with Crippen LogP contribution in [-0.4, -0.2) is 116 Å². The molecule has 3 fully saturated rings. The first-order valence-corrected chi connectivity index (χ1v) is 30.2. The van der Waals surface area contributed by atoms with E-state index in [1.165, 1.54) is 108 Å². The zero-order chi connectivity index (χ0) is 54.2. The molecule has 18 nitrogen and oxygen atoms in total. The number of hydrogen-bond acceptors (Lipinski definition) is 10. The van der Waals surface area contributed by atoms with Crippen LogP contribution in [0.2, 0.25) is 0 Å². The normalized spacial score (nSPS) is 14.9. The van der Waals surface area contributed by atoms with Crippen LogP contribution in [0.5, 0.6) is 0 Å². The lowest BCUT2D eigenvalue weighted by atomic mass is 10.1. The minimum atomic E-state index is 0. The largest absolute Gasteiger partial charge is 1.00 e. The summed E-state index contributed by atoms with van der Waals surface area (Å²) in [4.78, 5) is 10.9. The lowest BCUT2D eigenvalue weighted by molar-refractivity contribution is -0.901. The monoisotopic (exact) mass is 1410 g/mol.